The lowest BCUT2D eigenvalue weighted by atomic mass is 9.95. The van der Waals surface area contributed by atoms with Crippen molar-refractivity contribution in [1.29, 1.82) is 0 Å². The number of benzene rings is 4. The second kappa shape index (κ2) is 10.1. The largest absolute Gasteiger partial charge is 0.487 e. The third-order valence-corrected chi connectivity index (χ3v) is 5.05. The number of hydrogen-bond acceptors (Lipinski definition) is 3. The van der Waals surface area contributed by atoms with E-state index in [1.807, 2.05) is 60.7 Å². The van der Waals surface area contributed by atoms with Gasteiger partial charge in [-0.05, 0) is 34.4 Å². The first-order chi connectivity index (χ1) is 15.7. The zero-order chi connectivity index (χ0) is 22.2. The van der Waals surface area contributed by atoms with Crippen molar-refractivity contribution in [2.24, 2.45) is 0 Å². The first kappa shape index (κ1) is 21.0. The first-order valence-corrected chi connectivity index (χ1v) is 10.3. The van der Waals surface area contributed by atoms with Gasteiger partial charge in [-0.1, -0.05) is 96.9 Å². The van der Waals surface area contributed by atoms with Crippen LogP contribution >= 0.6 is 0 Å². The van der Waals surface area contributed by atoms with Crippen molar-refractivity contribution < 1.29 is 14.3 Å². The summed E-state index contributed by atoms with van der Waals surface area (Å²) >= 11 is 0. The maximum atomic E-state index is 12.5. The van der Waals surface area contributed by atoms with Gasteiger partial charge in [0.15, 0.2) is 0 Å². The first-order valence-electron chi connectivity index (χ1n) is 10.3. The molecule has 0 aliphatic heterocycles. The average molecular weight is 418 g/mol. The third-order valence-electron chi connectivity index (χ3n) is 5.05. The van der Waals surface area contributed by atoms with Crippen molar-refractivity contribution in [2.75, 3.05) is 0 Å². The lowest BCUT2D eigenvalue weighted by Crippen LogP contribution is -2.09. The lowest BCUT2D eigenvalue weighted by molar-refractivity contribution is 0.0467. The van der Waals surface area contributed by atoms with Gasteiger partial charge in [-0.15, -0.1) is 6.42 Å². The highest BCUT2D eigenvalue weighted by Crippen LogP contribution is 2.29. The van der Waals surface area contributed by atoms with Crippen molar-refractivity contribution in [1.82, 2.24) is 0 Å². The van der Waals surface area contributed by atoms with Gasteiger partial charge in [0.1, 0.15) is 24.5 Å². The van der Waals surface area contributed by atoms with Crippen molar-refractivity contribution in [3.63, 3.8) is 0 Å². The highest BCUT2D eigenvalue weighted by atomic mass is 16.5. The van der Waals surface area contributed by atoms with Crippen LogP contribution in [0.5, 0.6) is 5.75 Å². The van der Waals surface area contributed by atoms with Crippen LogP contribution in [0.3, 0.4) is 0 Å². The molecule has 2 aliphatic rings. The summed E-state index contributed by atoms with van der Waals surface area (Å²) in [5.41, 5.74) is 5.61. The zero-order valence-electron chi connectivity index (χ0n) is 17.5. The molecule has 3 heteroatoms. The average Bonchev–Trinajstić information content (AvgIpc) is 2.84. The van der Waals surface area contributed by atoms with Crippen molar-refractivity contribution in [3.8, 4) is 29.2 Å². The van der Waals surface area contributed by atoms with Crippen LogP contribution in [0.15, 0.2) is 103 Å². The number of ether oxygens (including phenoxy) is 2. The monoisotopic (exact) mass is 418 g/mol. The summed E-state index contributed by atoms with van der Waals surface area (Å²) < 4.78 is 11.3. The molecule has 0 saturated carbocycles. The van der Waals surface area contributed by atoms with Crippen LogP contribution in [0.25, 0.3) is 11.1 Å². The van der Waals surface area contributed by atoms with Gasteiger partial charge in [0.25, 0.3) is 0 Å². The van der Waals surface area contributed by atoms with Crippen LogP contribution in [0, 0.1) is 12.3 Å². The second-order valence-corrected chi connectivity index (χ2v) is 7.24. The molecule has 0 amide bonds. The van der Waals surface area contributed by atoms with Crippen LogP contribution in [0.2, 0.25) is 0 Å². The van der Waals surface area contributed by atoms with Crippen molar-refractivity contribution in [3.05, 3.63) is 125 Å². The third kappa shape index (κ3) is 5.06. The molecular formula is C29H22O3. The van der Waals surface area contributed by atoms with E-state index in [9.17, 15) is 4.79 Å². The summed E-state index contributed by atoms with van der Waals surface area (Å²) in [6.45, 7) is 0.510. The maximum absolute atomic E-state index is 12.5. The highest BCUT2D eigenvalue weighted by molar-refractivity contribution is 5.93. The van der Waals surface area contributed by atoms with Crippen LogP contribution in [0.1, 0.15) is 27.0 Å². The number of rotatable bonds is 6. The molecule has 0 unspecified atom stereocenters. The van der Waals surface area contributed by atoms with E-state index in [2.05, 4.69) is 30.2 Å². The van der Waals surface area contributed by atoms with E-state index >= 15 is 0 Å². The molecule has 3 aromatic rings. The Labute approximate surface area is 188 Å². The predicted molar refractivity (Wildman–Crippen MR) is 126 cm³/mol. The highest BCUT2D eigenvalue weighted by Gasteiger charge is 2.17. The smallest absolute Gasteiger partial charge is 0.342 e. The van der Waals surface area contributed by atoms with Gasteiger partial charge >= 0.3 is 5.97 Å². The predicted octanol–water partition coefficient (Wildman–Crippen LogP) is 6.27. The number of para-hydroxylation sites is 1. The van der Waals surface area contributed by atoms with Crippen LogP contribution in [0.4, 0.5) is 0 Å². The van der Waals surface area contributed by atoms with Crippen LogP contribution < -0.4 is 4.74 Å². The Balaban J connectivity index is 0.000000346. The van der Waals surface area contributed by atoms with Gasteiger partial charge in [0.05, 0.1) is 5.56 Å². The topological polar surface area (TPSA) is 35.5 Å². The minimum Gasteiger partial charge on any atom is -0.487 e. The molecule has 3 nitrogen and oxygen atoms in total. The maximum Gasteiger partial charge on any atom is 0.342 e. The van der Waals surface area contributed by atoms with E-state index in [-0.39, 0.29) is 6.61 Å². The molecule has 0 aromatic heterocycles. The summed E-state index contributed by atoms with van der Waals surface area (Å²) in [6, 6.07) is 32.8. The van der Waals surface area contributed by atoms with Gasteiger partial charge in [-0.25, -0.2) is 4.79 Å². The van der Waals surface area contributed by atoms with Crippen LogP contribution in [-0.2, 0) is 18.0 Å². The molecule has 156 valence electrons. The molecule has 0 heterocycles. The lowest BCUT2D eigenvalue weighted by Gasteiger charge is -2.13. The van der Waals surface area contributed by atoms with E-state index in [0.717, 1.165) is 11.1 Å². The molecule has 0 atom stereocenters. The number of fused-ring (bicyclic) bond motifs is 1. The van der Waals surface area contributed by atoms with Gasteiger partial charge in [0.2, 0.25) is 0 Å². The Morgan fingerprint density at radius 2 is 1.25 bits per heavy atom. The fourth-order valence-corrected chi connectivity index (χ4v) is 3.16. The Morgan fingerprint density at radius 3 is 1.75 bits per heavy atom. The minimum atomic E-state index is -0.464. The quantitative estimate of drug-likeness (QED) is 0.241. The van der Waals surface area contributed by atoms with Gasteiger partial charge in [-0.3, -0.25) is 0 Å². The number of esters is 1. The molecule has 0 saturated heterocycles. The number of hydrogen-bond donors (Lipinski definition) is 0. The van der Waals surface area contributed by atoms with Gasteiger partial charge in [-0.2, -0.15) is 0 Å². The van der Waals surface area contributed by atoms with E-state index in [4.69, 9.17) is 15.9 Å². The molecule has 0 spiro atoms. The van der Waals surface area contributed by atoms with E-state index < -0.39 is 5.97 Å². The SMILES string of the molecule is C#Cc1cccc(C(=O)OCc2ccccc2)c1OCc1ccccc1.c1cc2ccc1-2. The minimum absolute atomic E-state index is 0.193. The van der Waals surface area contributed by atoms with E-state index in [1.54, 1.807) is 18.2 Å². The fraction of sp³-hybridized carbons (Fsp3) is 0.0690. The number of terminal acetylenes is 1. The summed E-state index contributed by atoms with van der Waals surface area (Å²) in [4.78, 5) is 12.5. The Kier molecular flexibility index (Phi) is 6.65. The van der Waals surface area contributed by atoms with Crippen molar-refractivity contribution >= 4 is 5.97 Å². The molecule has 0 N–H and O–H groups in total. The van der Waals surface area contributed by atoms with Gasteiger partial charge in [0, 0.05) is 0 Å². The molecule has 0 radical (unpaired) electrons. The molecule has 0 bridgehead atoms. The summed E-state index contributed by atoms with van der Waals surface area (Å²) in [6.07, 6.45) is 5.57. The summed E-state index contributed by atoms with van der Waals surface area (Å²) in [7, 11) is 0. The van der Waals surface area contributed by atoms with E-state index in [0.29, 0.717) is 23.5 Å². The second-order valence-electron chi connectivity index (χ2n) is 7.24. The zero-order valence-corrected chi connectivity index (χ0v) is 17.5. The molecule has 2 aliphatic carbocycles. The molecule has 0 fully saturated rings. The Hall–Kier alpha value is -4.29. The standard InChI is InChI=1S/C23H18O3.C6H4/c1-2-20-14-9-15-21(22(20)25-16-18-10-5-3-6-11-18)23(24)26-17-19-12-7-4-8-13-19;1-2-6-4-3-5(1)6/h1,3-15H,16-17H2;1-4H. The fourth-order valence-electron chi connectivity index (χ4n) is 3.16. The Morgan fingerprint density at radius 1 is 0.688 bits per heavy atom. The van der Waals surface area contributed by atoms with E-state index in [1.165, 1.54) is 11.1 Å². The molecule has 5 rings (SSSR count). The van der Waals surface area contributed by atoms with Crippen LogP contribution in [-0.4, -0.2) is 5.97 Å². The number of carbonyl (C=O) groups is 1. The normalized spacial score (nSPS) is 10.2. The Bertz CT molecular complexity index is 1200. The van der Waals surface area contributed by atoms with Gasteiger partial charge < -0.3 is 9.47 Å². The molecule has 3 aromatic carbocycles. The summed E-state index contributed by atoms with van der Waals surface area (Å²) in [5, 5.41) is 0. The van der Waals surface area contributed by atoms with Crippen molar-refractivity contribution in [2.45, 2.75) is 13.2 Å². The molecular weight excluding hydrogens is 396 g/mol. The molecule has 32 heavy (non-hydrogen) atoms. The summed E-state index contributed by atoms with van der Waals surface area (Å²) in [5.74, 6) is 2.48. The number of carbonyl (C=O) groups excluding carboxylic acids is 1.